The van der Waals surface area contributed by atoms with Gasteiger partial charge < -0.3 is 9.88 Å². The smallest absolute Gasteiger partial charge is 0.255 e. The van der Waals surface area contributed by atoms with Gasteiger partial charge in [0.25, 0.3) is 5.56 Å². The van der Waals surface area contributed by atoms with Crippen molar-refractivity contribution in [2.24, 2.45) is 0 Å². The first-order chi connectivity index (χ1) is 8.31. The van der Waals surface area contributed by atoms with E-state index in [9.17, 15) is 4.79 Å². The van der Waals surface area contributed by atoms with Crippen molar-refractivity contribution in [2.45, 2.75) is 25.9 Å². The van der Waals surface area contributed by atoms with Crippen LogP contribution in [0, 0.1) is 0 Å². The molecule has 17 heavy (non-hydrogen) atoms. The number of para-hydroxylation sites is 1. The average molecular weight is 228 g/mol. The average Bonchev–Trinajstić information content (AvgIpc) is 2.36. The first-order valence-corrected chi connectivity index (χ1v) is 6.10. The van der Waals surface area contributed by atoms with Crippen molar-refractivity contribution in [3.8, 4) is 0 Å². The topological polar surface area (TPSA) is 34.0 Å². The summed E-state index contributed by atoms with van der Waals surface area (Å²) in [5, 5.41) is 4.25. The molecule has 1 N–H and O–H groups in total. The molecule has 0 spiro atoms. The number of aromatic nitrogens is 1. The molecule has 0 aliphatic carbocycles. The van der Waals surface area contributed by atoms with Gasteiger partial charge in [0.05, 0.1) is 5.52 Å². The van der Waals surface area contributed by atoms with Crippen LogP contribution >= 0.6 is 0 Å². The molecule has 1 aliphatic heterocycles. The van der Waals surface area contributed by atoms with E-state index in [1.807, 2.05) is 17.7 Å². The monoisotopic (exact) mass is 228 g/mol. The molecule has 0 amide bonds. The molecule has 3 heteroatoms. The molecular weight excluding hydrogens is 212 g/mol. The predicted molar refractivity (Wildman–Crippen MR) is 69.3 cm³/mol. The third kappa shape index (κ3) is 1.58. The van der Waals surface area contributed by atoms with Crippen LogP contribution in [0.3, 0.4) is 0 Å². The number of benzene rings is 1. The van der Waals surface area contributed by atoms with Crippen molar-refractivity contribution in [3.05, 3.63) is 45.7 Å². The Balaban J connectivity index is 2.38. The van der Waals surface area contributed by atoms with Gasteiger partial charge in [0.15, 0.2) is 0 Å². The molecule has 0 saturated heterocycles. The highest BCUT2D eigenvalue weighted by Crippen LogP contribution is 2.23. The predicted octanol–water partition coefficient (Wildman–Crippen LogP) is 1.67. The van der Waals surface area contributed by atoms with Gasteiger partial charge in [-0.15, -0.1) is 0 Å². The van der Waals surface area contributed by atoms with Gasteiger partial charge in [0.1, 0.15) is 0 Å². The lowest BCUT2D eigenvalue weighted by molar-refractivity contribution is 0.608. The van der Waals surface area contributed by atoms with Crippen LogP contribution in [0.4, 0.5) is 0 Å². The summed E-state index contributed by atoms with van der Waals surface area (Å²) in [6.45, 7) is 1.49. The third-order valence-electron chi connectivity index (χ3n) is 3.47. The Hall–Kier alpha value is -1.61. The van der Waals surface area contributed by atoms with Gasteiger partial charge >= 0.3 is 0 Å². The van der Waals surface area contributed by atoms with Crippen LogP contribution in [-0.4, -0.2) is 11.6 Å². The minimum absolute atomic E-state index is 0.166. The highest BCUT2D eigenvalue weighted by Gasteiger charge is 2.15. The molecule has 3 nitrogen and oxygen atoms in total. The van der Waals surface area contributed by atoms with Crippen LogP contribution in [0.5, 0.6) is 0 Å². The molecule has 3 rings (SSSR count). The van der Waals surface area contributed by atoms with E-state index in [1.165, 1.54) is 10.9 Å². The number of nitrogens with one attached hydrogen (secondary N) is 1. The lowest BCUT2D eigenvalue weighted by Crippen LogP contribution is -2.29. The second kappa shape index (κ2) is 4.00. The second-order valence-electron chi connectivity index (χ2n) is 4.62. The van der Waals surface area contributed by atoms with Gasteiger partial charge in [-0.1, -0.05) is 18.2 Å². The van der Waals surface area contributed by atoms with E-state index in [4.69, 9.17) is 0 Å². The van der Waals surface area contributed by atoms with Crippen LogP contribution in [0.2, 0.25) is 0 Å². The fourth-order valence-electron chi connectivity index (χ4n) is 2.74. The summed E-state index contributed by atoms with van der Waals surface area (Å²) in [5.41, 5.74) is 3.48. The lowest BCUT2D eigenvalue weighted by atomic mass is 10.00. The minimum Gasteiger partial charge on any atom is -0.315 e. The molecule has 2 heterocycles. The molecule has 1 aromatic heterocycles. The molecule has 0 saturated carbocycles. The van der Waals surface area contributed by atoms with Crippen LogP contribution in [0.25, 0.3) is 10.9 Å². The molecule has 0 unspecified atom stereocenters. The molecule has 1 aliphatic rings. The maximum absolute atomic E-state index is 12.3. The molecule has 0 radical (unpaired) electrons. The summed E-state index contributed by atoms with van der Waals surface area (Å²) in [4.78, 5) is 12.3. The van der Waals surface area contributed by atoms with Crippen LogP contribution in [0.15, 0.2) is 29.1 Å². The Morgan fingerprint density at radius 2 is 2.29 bits per heavy atom. The minimum atomic E-state index is 0.166. The quantitative estimate of drug-likeness (QED) is 0.848. The SMILES string of the molecule is CNCc1cc2cccc3c2n(c1=O)CCC3. The van der Waals surface area contributed by atoms with Gasteiger partial charge in [-0.3, -0.25) is 4.79 Å². The maximum Gasteiger partial charge on any atom is 0.255 e. The van der Waals surface area contributed by atoms with Crippen molar-refractivity contribution in [1.82, 2.24) is 9.88 Å². The van der Waals surface area contributed by atoms with Gasteiger partial charge in [-0.05, 0) is 36.9 Å². The Labute approximate surface area is 100 Å². The molecular formula is C14H16N2O. The fourth-order valence-corrected chi connectivity index (χ4v) is 2.74. The number of hydrogen-bond acceptors (Lipinski definition) is 2. The Kier molecular flexibility index (Phi) is 2.48. The summed E-state index contributed by atoms with van der Waals surface area (Å²) < 4.78 is 1.95. The van der Waals surface area contributed by atoms with Gasteiger partial charge in [0, 0.05) is 18.7 Å². The molecule has 88 valence electrons. The fraction of sp³-hybridized carbons (Fsp3) is 0.357. The van der Waals surface area contributed by atoms with Gasteiger partial charge in [-0.2, -0.15) is 0 Å². The zero-order chi connectivity index (χ0) is 11.8. The number of aryl methyl sites for hydroxylation is 2. The van der Waals surface area contributed by atoms with E-state index < -0.39 is 0 Å². The zero-order valence-corrected chi connectivity index (χ0v) is 9.99. The lowest BCUT2D eigenvalue weighted by Gasteiger charge is -2.20. The van der Waals surface area contributed by atoms with E-state index >= 15 is 0 Å². The third-order valence-corrected chi connectivity index (χ3v) is 3.47. The summed E-state index contributed by atoms with van der Waals surface area (Å²) in [5.74, 6) is 0. The van der Waals surface area contributed by atoms with Crippen LogP contribution < -0.4 is 10.9 Å². The Morgan fingerprint density at radius 1 is 1.41 bits per heavy atom. The highest BCUT2D eigenvalue weighted by molar-refractivity contribution is 5.83. The van der Waals surface area contributed by atoms with Crippen molar-refractivity contribution in [3.63, 3.8) is 0 Å². The summed E-state index contributed by atoms with van der Waals surface area (Å²) in [7, 11) is 1.87. The first-order valence-electron chi connectivity index (χ1n) is 6.10. The van der Waals surface area contributed by atoms with Crippen molar-refractivity contribution < 1.29 is 0 Å². The van der Waals surface area contributed by atoms with E-state index in [0.717, 1.165) is 30.5 Å². The summed E-state index contributed by atoms with van der Waals surface area (Å²) >= 11 is 0. The Morgan fingerprint density at radius 3 is 3.12 bits per heavy atom. The van der Waals surface area contributed by atoms with E-state index in [1.54, 1.807) is 0 Å². The standard InChI is InChI=1S/C14H16N2O/c1-15-9-12-8-11-5-2-4-10-6-3-7-16(13(10)11)14(12)17/h2,4-5,8,15H,3,6-7,9H2,1H3. The Bertz CT molecular complexity index is 628. The molecule has 1 aromatic carbocycles. The maximum atomic E-state index is 12.3. The normalized spacial score (nSPS) is 14.2. The van der Waals surface area contributed by atoms with Crippen molar-refractivity contribution >= 4 is 10.9 Å². The molecule has 0 atom stereocenters. The van der Waals surface area contributed by atoms with Crippen molar-refractivity contribution in [2.75, 3.05) is 7.05 Å². The van der Waals surface area contributed by atoms with E-state index in [-0.39, 0.29) is 5.56 Å². The number of rotatable bonds is 2. The largest absolute Gasteiger partial charge is 0.315 e. The first kappa shape index (κ1) is 10.5. The molecule has 0 fully saturated rings. The van der Waals surface area contributed by atoms with Crippen molar-refractivity contribution in [1.29, 1.82) is 0 Å². The highest BCUT2D eigenvalue weighted by atomic mass is 16.1. The summed E-state index contributed by atoms with van der Waals surface area (Å²) in [6.07, 6.45) is 2.15. The number of hydrogen-bond donors (Lipinski definition) is 1. The van der Waals surface area contributed by atoms with E-state index in [2.05, 4.69) is 23.5 Å². The second-order valence-corrected chi connectivity index (χ2v) is 4.62. The number of pyridine rings is 1. The van der Waals surface area contributed by atoms with Crippen LogP contribution in [0.1, 0.15) is 17.5 Å². The number of nitrogens with zero attached hydrogens (tertiary/aromatic N) is 1. The summed E-state index contributed by atoms with van der Waals surface area (Å²) in [6, 6.07) is 8.34. The molecule has 0 bridgehead atoms. The molecule has 2 aromatic rings. The van der Waals surface area contributed by atoms with Gasteiger partial charge in [-0.25, -0.2) is 0 Å². The zero-order valence-electron chi connectivity index (χ0n) is 9.99. The van der Waals surface area contributed by atoms with E-state index in [0.29, 0.717) is 6.54 Å². The van der Waals surface area contributed by atoms with Crippen LogP contribution in [-0.2, 0) is 19.5 Å². The van der Waals surface area contributed by atoms with Gasteiger partial charge in [0.2, 0.25) is 0 Å².